The number of benzene rings is 2. The van der Waals surface area contributed by atoms with Gasteiger partial charge in [0.05, 0.1) is 36.0 Å². The summed E-state index contributed by atoms with van der Waals surface area (Å²) < 4.78 is 13.9. The SMILES string of the molecule is CCCn1c(=O)n(CCC(=O)Nc2cc(OC)c(Cl)cc2OC)c2ccccc21. The minimum absolute atomic E-state index is 0.105. The van der Waals surface area contributed by atoms with Gasteiger partial charge in [-0.2, -0.15) is 0 Å². The zero-order valence-electron chi connectivity index (χ0n) is 16.7. The van der Waals surface area contributed by atoms with E-state index in [4.69, 9.17) is 21.1 Å². The Hall–Kier alpha value is -2.93. The van der Waals surface area contributed by atoms with Gasteiger partial charge >= 0.3 is 5.69 Å². The van der Waals surface area contributed by atoms with Gasteiger partial charge in [0, 0.05) is 31.6 Å². The van der Waals surface area contributed by atoms with Crippen molar-refractivity contribution >= 4 is 34.2 Å². The van der Waals surface area contributed by atoms with Gasteiger partial charge < -0.3 is 14.8 Å². The lowest BCUT2D eigenvalue weighted by Crippen LogP contribution is -2.26. The highest BCUT2D eigenvalue weighted by Gasteiger charge is 2.15. The maximum absolute atomic E-state index is 12.8. The molecule has 1 N–H and O–H groups in total. The summed E-state index contributed by atoms with van der Waals surface area (Å²) in [6, 6.07) is 10.8. The summed E-state index contributed by atoms with van der Waals surface area (Å²) in [6.45, 7) is 2.94. The lowest BCUT2D eigenvalue weighted by molar-refractivity contribution is -0.116. The van der Waals surface area contributed by atoms with Gasteiger partial charge in [0.15, 0.2) is 0 Å². The molecule has 0 aliphatic carbocycles. The maximum Gasteiger partial charge on any atom is 0.329 e. The summed E-state index contributed by atoms with van der Waals surface area (Å²) in [5, 5.41) is 3.20. The van der Waals surface area contributed by atoms with Gasteiger partial charge in [0.25, 0.3) is 0 Å². The second-order valence-corrected chi connectivity index (χ2v) is 6.97. The van der Waals surface area contributed by atoms with Crippen LogP contribution in [0.5, 0.6) is 11.5 Å². The third kappa shape index (κ3) is 4.24. The molecule has 1 aromatic heterocycles. The third-order valence-electron chi connectivity index (χ3n) is 4.68. The molecule has 3 rings (SSSR count). The fourth-order valence-electron chi connectivity index (χ4n) is 3.31. The van der Waals surface area contributed by atoms with E-state index in [9.17, 15) is 9.59 Å². The molecule has 1 amide bonds. The minimum Gasteiger partial charge on any atom is -0.495 e. The van der Waals surface area contributed by atoms with Crippen molar-refractivity contribution in [2.24, 2.45) is 0 Å². The number of halogens is 1. The Bertz CT molecular complexity index is 1090. The molecule has 0 aliphatic heterocycles. The molecule has 0 radical (unpaired) electrons. The van der Waals surface area contributed by atoms with Gasteiger partial charge in [-0.05, 0) is 18.6 Å². The van der Waals surface area contributed by atoms with Crippen LogP contribution < -0.4 is 20.5 Å². The van der Waals surface area contributed by atoms with Crippen molar-refractivity contribution in [3.05, 3.63) is 51.9 Å². The molecular formula is C21H24ClN3O4. The Morgan fingerprint density at radius 1 is 1.03 bits per heavy atom. The van der Waals surface area contributed by atoms with E-state index in [1.807, 2.05) is 31.2 Å². The summed E-state index contributed by atoms with van der Waals surface area (Å²) in [6.07, 6.45) is 0.987. The molecule has 154 valence electrons. The first-order valence-electron chi connectivity index (χ1n) is 9.39. The zero-order chi connectivity index (χ0) is 21.0. The number of carbonyl (C=O) groups is 1. The van der Waals surface area contributed by atoms with Crippen molar-refractivity contribution in [1.82, 2.24) is 9.13 Å². The highest BCUT2D eigenvalue weighted by Crippen LogP contribution is 2.35. The number of nitrogens with zero attached hydrogens (tertiary/aromatic N) is 2. The summed E-state index contributed by atoms with van der Waals surface area (Å²) >= 11 is 6.10. The van der Waals surface area contributed by atoms with Gasteiger partial charge in [-0.15, -0.1) is 0 Å². The van der Waals surface area contributed by atoms with E-state index < -0.39 is 0 Å². The summed E-state index contributed by atoms with van der Waals surface area (Å²) in [4.78, 5) is 25.4. The van der Waals surface area contributed by atoms with E-state index in [0.717, 1.165) is 17.5 Å². The number of hydrogen-bond acceptors (Lipinski definition) is 4. The van der Waals surface area contributed by atoms with Crippen molar-refractivity contribution in [1.29, 1.82) is 0 Å². The molecule has 7 nitrogen and oxygen atoms in total. The molecule has 0 aliphatic rings. The van der Waals surface area contributed by atoms with Crippen LogP contribution in [0.2, 0.25) is 5.02 Å². The van der Waals surface area contributed by atoms with Crippen LogP contribution in [0.25, 0.3) is 11.0 Å². The van der Waals surface area contributed by atoms with Crippen LogP contribution in [0.3, 0.4) is 0 Å². The van der Waals surface area contributed by atoms with Crippen molar-refractivity contribution in [3.63, 3.8) is 0 Å². The first-order valence-corrected chi connectivity index (χ1v) is 9.77. The van der Waals surface area contributed by atoms with Crippen LogP contribution in [0, 0.1) is 0 Å². The quantitative estimate of drug-likeness (QED) is 0.603. The fraction of sp³-hybridized carbons (Fsp3) is 0.333. The van der Waals surface area contributed by atoms with Crippen molar-refractivity contribution in [3.8, 4) is 11.5 Å². The second kappa shape index (κ2) is 9.05. The van der Waals surface area contributed by atoms with Crippen LogP contribution in [-0.2, 0) is 17.9 Å². The van der Waals surface area contributed by atoms with E-state index in [0.29, 0.717) is 28.8 Å². The van der Waals surface area contributed by atoms with Gasteiger partial charge in [-0.1, -0.05) is 30.7 Å². The monoisotopic (exact) mass is 417 g/mol. The predicted octanol–water partition coefficient (Wildman–Crippen LogP) is 3.91. The highest BCUT2D eigenvalue weighted by atomic mass is 35.5. The minimum atomic E-state index is -0.244. The molecule has 3 aromatic rings. The number of anilines is 1. The van der Waals surface area contributed by atoms with E-state index in [1.54, 1.807) is 21.3 Å². The predicted molar refractivity (Wildman–Crippen MR) is 114 cm³/mol. The normalized spacial score (nSPS) is 10.9. The molecule has 0 atom stereocenters. The number of methoxy groups -OCH3 is 2. The van der Waals surface area contributed by atoms with Gasteiger partial charge in [0.1, 0.15) is 11.5 Å². The first kappa shape index (κ1) is 20.8. The molecule has 8 heteroatoms. The number of ether oxygens (including phenoxy) is 2. The molecule has 2 aromatic carbocycles. The number of fused-ring (bicyclic) bond motifs is 1. The summed E-state index contributed by atoms with van der Waals surface area (Å²) in [7, 11) is 2.99. The van der Waals surface area contributed by atoms with E-state index in [-0.39, 0.29) is 24.6 Å². The topological polar surface area (TPSA) is 74.5 Å². The Morgan fingerprint density at radius 3 is 2.24 bits per heavy atom. The molecular weight excluding hydrogens is 394 g/mol. The zero-order valence-corrected chi connectivity index (χ0v) is 17.5. The van der Waals surface area contributed by atoms with Gasteiger partial charge in [-0.3, -0.25) is 13.9 Å². The lowest BCUT2D eigenvalue weighted by Gasteiger charge is -2.13. The number of hydrogen-bond donors (Lipinski definition) is 1. The van der Waals surface area contributed by atoms with Crippen LogP contribution in [-0.4, -0.2) is 29.3 Å². The average molecular weight is 418 g/mol. The van der Waals surface area contributed by atoms with E-state index >= 15 is 0 Å². The number of aromatic nitrogens is 2. The molecule has 0 saturated carbocycles. The molecule has 0 bridgehead atoms. The summed E-state index contributed by atoms with van der Waals surface area (Å²) in [5.41, 5.74) is 2.06. The van der Waals surface area contributed by atoms with Crippen molar-refractivity contribution in [2.45, 2.75) is 32.9 Å². The van der Waals surface area contributed by atoms with Crippen molar-refractivity contribution < 1.29 is 14.3 Å². The third-order valence-corrected chi connectivity index (χ3v) is 4.98. The number of imidazole rings is 1. The molecule has 0 saturated heterocycles. The molecule has 1 heterocycles. The molecule has 0 fully saturated rings. The number of aryl methyl sites for hydroxylation is 2. The van der Waals surface area contributed by atoms with E-state index in [2.05, 4.69) is 5.32 Å². The van der Waals surface area contributed by atoms with Crippen molar-refractivity contribution in [2.75, 3.05) is 19.5 Å². The number of nitrogens with one attached hydrogen (secondary N) is 1. The van der Waals surface area contributed by atoms with Crippen LogP contribution >= 0.6 is 11.6 Å². The smallest absolute Gasteiger partial charge is 0.329 e. The number of amides is 1. The highest BCUT2D eigenvalue weighted by molar-refractivity contribution is 6.32. The molecule has 0 spiro atoms. The van der Waals surface area contributed by atoms with Crippen LogP contribution in [0.15, 0.2) is 41.2 Å². The standard InChI is InChI=1S/C21H24ClN3O4/c1-4-10-24-16-7-5-6-8-17(16)25(21(24)27)11-9-20(26)23-15-13-18(28-2)14(22)12-19(15)29-3/h5-8,12-13H,4,9-11H2,1-3H3,(H,23,26). The van der Waals surface area contributed by atoms with Crippen LogP contribution in [0.4, 0.5) is 5.69 Å². The number of rotatable bonds is 8. The Balaban J connectivity index is 1.80. The second-order valence-electron chi connectivity index (χ2n) is 6.56. The van der Waals surface area contributed by atoms with Gasteiger partial charge in [-0.25, -0.2) is 4.79 Å². The Kier molecular flexibility index (Phi) is 6.49. The lowest BCUT2D eigenvalue weighted by atomic mass is 10.2. The Morgan fingerprint density at radius 2 is 1.66 bits per heavy atom. The van der Waals surface area contributed by atoms with E-state index in [1.165, 1.54) is 14.2 Å². The summed E-state index contributed by atoms with van der Waals surface area (Å²) in [5.74, 6) is 0.620. The Labute approximate surface area is 173 Å². The average Bonchev–Trinajstić information content (AvgIpc) is 2.99. The van der Waals surface area contributed by atoms with Gasteiger partial charge in [0.2, 0.25) is 5.91 Å². The fourth-order valence-corrected chi connectivity index (χ4v) is 3.54. The molecule has 29 heavy (non-hydrogen) atoms. The largest absolute Gasteiger partial charge is 0.495 e. The van der Waals surface area contributed by atoms with Crippen LogP contribution in [0.1, 0.15) is 19.8 Å². The molecule has 0 unspecified atom stereocenters. The maximum atomic E-state index is 12.8. The number of carbonyl (C=O) groups excluding carboxylic acids is 1. The number of para-hydroxylation sites is 2. The first-order chi connectivity index (χ1) is 14.0.